The fourth-order valence-electron chi connectivity index (χ4n) is 1.11. The fourth-order valence-corrected chi connectivity index (χ4v) is 1.35. The number of thiol groups is 1. The van der Waals surface area contributed by atoms with Crippen molar-refractivity contribution in [3.05, 3.63) is 36.2 Å². The van der Waals surface area contributed by atoms with Crippen LogP contribution in [0.4, 0.5) is 0 Å². The van der Waals surface area contributed by atoms with Crippen molar-refractivity contribution in [3.63, 3.8) is 0 Å². The molecule has 2 nitrogen and oxygen atoms in total. The zero-order chi connectivity index (χ0) is 7.68. The second-order valence-electron chi connectivity index (χ2n) is 2.36. The fraction of sp³-hybridized carbons (Fsp3) is 0.125. The van der Waals surface area contributed by atoms with Crippen molar-refractivity contribution in [1.82, 2.24) is 9.61 Å². The van der Waals surface area contributed by atoms with Crippen LogP contribution in [0.2, 0.25) is 0 Å². The number of rotatable bonds is 1. The second-order valence-corrected chi connectivity index (χ2v) is 2.67. The van der Waals surface area contributed by atoms with Crippen LogP contribution in [0.3, 0.4) is 0 Å². The Kier molecular flexibility index (Phi) is 1.58. The molecule has 2 aromatic rings. The third kappa shape index (κ3) is 1.01. The van der Waals surface area contributed by atoms with E-state index in [4.69, 9.17) is 0 Å². The lowest BCUT2D eigenvalue weighted by Gasteiger charge is -1.91. The number of hydrogen-bond acceptors (Lipinski definition) is 2. The Labute approximate surface area is 70.3 Å². The third-order valence-corrected chi connectivity index (χ3v) is 2.02. The summed E-state index contributed by atoms with van der Waals surface area (Å²) in [4.78, 5) is 0. The van der Waals surface area contributed by atoms with Gasteiger partial charge in [-0.3, -0.25) is 0 Å². The summed E-state index contributed by atoms with van der Waals surface area (Å²) in [7, 11) is 0. The van der Waals surface area contributed by atoms with E-state index >= 15 is 0 Å². The van der Waals surface area contributed by atoms with E-state index in [1.807, 2.05) is 35.1 Å². The molecule has 0 aliphatic rings. The quantitative estimate of drug-likeness (QED) is 0.636. The van der Waals surface area contributed by atoms with Crippen LogP contribution >= 0.6 is 12.6 Å². The first-order valence-electron chi connectivity index (χ1n) is 3.44. The maximum absolute atomic E-state index is 4.20. The average Bonchev–Trinajstić information content (AvgIpc) is 2.47. The van der Waals surface area contributed by atoms with E-state index in [0.29, 0.717) is 0 Å². The summed E-state index contributed by atoms with van der Waals surface area (Å²) in [5.41, 5.74) is 2.32. The van der Waals surface area contributed by atoms with Gasteiger partial charge in [0, 0.05) is 17.5 Å². The summed E-state index contributed by atoms with van der Waals surface area (Å²) in [6.07, 6.45) is 3.78. The van der Waals surface area contributed by atoms with Crippen LogP contribution in [0, 0.1) is 0 Å². The van der Waals surface area contributed by atoms with Crippen molar-refractivity contribution >= 4 is 18.1 Å². The minimum atomic E-state index is 0.744. The lowest BCUT2D eigenvalue weighted by atomic mass is 10.3. The van der Waals surface area contributed by atoms with Crippen LogP contribution in [0.5, 0.6) is 0 Å². The van der Waals surface area contributed by atoms with Gasteiger partial charge in [-0.15, -0.1) is 0 Å². The van der Waals surface area contributed by atoms with Crippen molar-refractivity contribution in [1.29, 1.82) is 0 Å². The number of fused-ring (bicyclic) bond motifs is 1. The molecule has 0 saturated heterocycles. The van der Waals surface area contributed by atoms with Gasteiger partial charge in [0.15, 0.2) is 0 Å². The zero-order valence-corrected chi connectivity index (χ0v) is 6.83. The Hall–Kier alpha value is -0.960. The largest absolute Gasteiger partial charge is 0.241 e. The molecule has 11 heavy (non-hydrogen) atoms. The average molecular weight is 164 g/mol. The Morgan fingerprint density at radius 1 is 1.45 bits per heavy atom. The first-order valence-corrected chi connectivity index (χ1v) is 4.07. The molecule has 3 heteroatoms. The number of hydrogen-bond donors (Lipinski definition) is 1. The summed E-state index contributed by atoms with van der Waals surface area (Å²) >= 11 is 4.20. The molecule has 0 spiro atoms. The lowest BCUT2D eigenvalue weighted by Crippen LogP contribution is -1.83. The van der Waals surface area contributed by atoms with E-state index in [9.17, 15) is 0 Å². The molecule has 0 saturated carbocycles. The summed E-state index contributed by atoms with van der Waals surface area (Å²) in [5, 5.41) is 4.16. The topological polar surface area (TPSA) is 17.3 Å². The molecule has 0 bridgehead atoms. The molecule has 0 amide bonds. The van der Waals surface area contributed by atoms with Crippen LogP contribution in [0.25, 0.3) is 5.52 Å². The molecular weight excluding hydrogens is 156 g/mol. The number of nitrogens with zero attached hydrogens (tertiary/aromatic N) is 2. The highest BCUT2D eigenvalue weighted by Crippen LogP contribution is 2.11. The summed E-state index contributed by atoms with van der Waals surface area (Å²) in [6.45, 7) is 0. The van der Waals surface area contributed by atoms with Gasteiger partial charge in [0.1, 0.15) is 0 Å². The van der Waals surface area contributed by atoms with E-state index in [1.54, 1.807) is 0 Å². The second kappa shape index (κ2) is 2.58. The third-order valence-electron chi connectivity index (χ3n) is 1.68. The van der Waals surface area contributed by atoms with E-state index < -0.39 is 0 Å². The molecule has 2 aromatic heterocycles. The Balaban J connectivity index is 2.76. The standard InChI is InChI=1S/C8H8N2S/c11-6-7-5-9-10-4-2-1-3-8(7)10/h1-5,11H,6H2. The molecule has 0 N–H and O–H groups in total. The molecule has 56 valence electrons. The van der Waals surface area contributed by atoms with Crippen molar-refractivity contribution in [2.75, 3.05) is 0 Å². The maximum Gasteiger partial charge on any atom is 0.0701 e. The molecule has 2 rings (SSSR count). The monoisotopic (exact) mass is 164 g/mol. The molecule has 0 aromatic carbocycles. The molecule has 0 aliphatic carbocycles. The smallest absolute Gasteiger partial charge is 0.0701 e. The van der Waals surface area contributed by atoms with Gasteiger partial charge in [0.05, 0.1) is 11.7 Å². The van der Waals surface area contributed by atoms with Gasteiger partial charge >= 0.3 is 0 Å². The van der Waals surface area contributed by atoms with Crippen LogP contribution in [0.1, 0.15) is 5.56 Å². The van der Waals surface area contributed by atoms with Gasteiger partial charge in [0.25, 0.3) is 0 Å². The summed E-state index contributed by atoms with van der Waals surface area (Å²) < 4.78 is 1.85. The van der Waals surface area contributed by atoms with E-state index in [1.165, 1.54) is 5.56 Å². The minimum Gasteiger partial charge on any atom is -0.241 e. The van der Waals surface area contributed by atoms with E-state index in [-0.39, 0.29) is 0 Å². The van der Waals surface area contributed by atoms with Gasteiger partial charge in [-0.25, -0.2) is 4.52 Å². The van der Waals surface area contributed by atoms with Crippen LogP contribution in [0.15, 0.2) is 30.6 Å². The Morgan fingerprint density at radius 3 is 3.18 bits per heavy atom. The SMILES string of the molecule is SCc1cnn2ccccc12. The highest BCUT2D eigenvalue weighted by atomic mass is 32.1. The molecule has 0 radical (unpaired) electrons. The lowest BCUT2D eigenvalue weighted by molar-refractivity contribution is 0.961. The van der Waals surface area contributed by atoms with Gasteiger partial charge in [-0.1, -0.05) is 6.07 Å². The molecule has 0 unspecified atom stereocenters. The molecular formula is C8H8N2S. The summed E-state index contributed by atoms with van der Waals surface area (Å²) in [6, 6.07) is 6.00. The van der Waals surface area contributed by atoms with Gasteiger partial charge < -0.3 is 0 Å². The van der Waals surface area contributed by atoms with Crippen LogP contribution in [-0.2, 0) is 5.75 Å². The van der Waals surface area contributed by atoms with Crippen LogP contribution < -0.4 is 0 Å². The summed E-state index contributed by atoms with van der Waals surface area (Å²) in [5.74, 6) is 0.744. The van der Waals surface area contributed by atoms with Crippen molar-refractivity contribution < 1.29 is 0 Å². The first-order chi connectivity index (χ1) is 5.42. The zero-order valence-electron chi connectivity index (χ0n) is 5.94. The van der Waals surface area contributed by atoms with E-state index in [0.717, 1.165) is 11.3 Å². The Bertz CT molecular complexity index is 367. The highest BCUT2D eigenvalue weighted by molar-refractivity contribution is 7.79. The van der Waals surface area contributed by atoms with Gasteiger partial charge in [-0.2, -0.15) is 17.7 Å². The van der Waals surface area contributed by atoms with Crippen molar-refractivity contribution in [3.8, 4) is 0 Å². The highest BCUT2D eigenvalue weighted by Gasteiger charge is 1.98. The van der Waals surface area contributed by atoms with E-state index in [2.05, 4.69) is 17.7 Å². The molecule has 2 heterocycles. The van der Waals surface area contributed by atoms with Gasteiger partial charge in [-0.05, 0) is 12.1 Å². The number of aromatic nitrogens is 2. The predicted octanol–water partition coefficient (Wildman–Crippen LogP) is 1.76. The molecule has 0 fully saturated rings. The normalized spacial score (nSPS) is 10.6. The molecule has 0 atom stereocenters. The minimum absolute atomic E-state index is 0.744. The predicted molar refractivity (Wildman–Crippen MR) is 47.9 cm³/mol. The van der Waals surface area contributed by atoms with Crippen molar-refractivity contribution in [2.24, 2.45) is 0 Å². The first kappa shape index (κ1) is 6.73. The van der Waals surface area contributed by atoms with Gasteiger partial charge in [0.2, 0.25) is 0 Å². The van der Waals surface area contributed by atoms with Crippen molar-refractivity contribution in [2.45, 2.75) is 5.75 Å². The Morgan fingerprint density at radius 2 is 2.36 bits per heavy atom. The van der Waals surface area contributed by atoms with Crippen LogP contribution in [-0.4, -0.2) is 9.61 Å². The molecule has 0 aliphatic heterocycles. The number of pyridine rings is 1. The maximum atomic E-state index is 4.20.